The van der Waals surface area contributed by atoms with E-state index < -0.39 is 5.82 Å². The number of benzene rings is 2. The normalized spacial score (nSPS) is 11.0. The van der Waals surface area contributed by atoms with Crippen molar-refractivity contribution in [2.75, 3.05) is 0 Å². The molecule has 0 fully saturated rings. The maximum atomic E-state index is 13.2. The Hall–Kier alpha value is -3.28. The minimum Gasteiger partial charge on any atom is -0.356 e. The fourth-order valence-electron chi connectivity index (χ4n) is 2.54. The molecular formula is C18H12FN3O2. The topological polar surface area (TPSA) is 60.9 Å². The minimum atomic E-state index is -0.420. The molecule has 0 spiro atoms. The van der Waals surface area contributed by atoms with Gasteiger partial charge < -0.3 is 4.52 Å². The van der Waals surface area contributed by atoms with Crippen molar-refractivity contribution in [1.29, 1.82) is 0 Å². The summed E-state index contributed by atoms with van der Waals surface area (Å²) in [6.45, 7) is 0.232. The molecule has 24 heavy (non-hydrogen) atoms. The predicted molar refractivity (Wildman–Crippen MR) is 87.0 cm³/mol. The van der Waals surface area contributed by atoms with Crippen LogP contribution in [0.5, 0.6) is 0 Å². The molecule has 2 aromatic heterocycles. The largest absolute Gasteiger partial charge is 0.356 e. The van der Waals surface area contributed by atoms with E-state index in [0.29, 0.717) is 22.4 Å². The second kappa shape index (κ2) is 5.73. The van der Waals surface area contributed by atoms with Gasteiger partial charge in [-0.2, -0.15) is 0 Å². The lowest BCUT2D eigenvalue weighted by Gasteiger charge is -2.04. The van der Waals surface area contributed by atoms with Crippen molar-refractivity contribution < 1.29 is 8.91 Å². The van der Waals surface area contributed by atoms with Crippen molar-refractivity contribution in [3.8, 4) is 11.3 Å². The molecule has 2 aromatic carbocycles. The summed E-state index contributed by atoms with van der Waals surface area (Å²) in [7, 11) is 0. The number of aromatic nitrogens is 3. The number of fused-ring (bicyclic) bond motifs is 1. The summed E-state index contributed by atoms with van der Waals surface area (Å²) in [4.78, 5) is 16.6. The van der Waals surface area contributed by atoms with Crippen molar-refractivity contribution >= 4 is 10.9 Å². The standard InChI is InChI=1S/C18H12FN3O2/c19-13-6-7-15-16(8-13)20-11-22(18(15)23)10-14-9-17(24-21-14)12-4-2-1-3-5-12/h1-9,11H,10H2. The maximum Gasteiger partial charge on any atom is 0.261 e. The molecule has 6 heteroatoms. The second-order valence-electron chi connectivity index (χ2n) is 5.39. The zero-order valence-electron chi connectivity index (χ0n) is 12.5. The van der Waals surface area contributed by atoms with E-state index in [1.54, 1.807) is 6.07 Å². The third-order valence-corrected chi connectivity index (χ3v) is 3.74. The first kappa shape index (κ1) is 14.3. The predicted octanol–water partition coefficient (Wildman–Crippen LogP) is 3.24. The Morgan fingerprint density at radius 2 is 1.92 bits per heavy atom. The van der Waals surface area contributed by atoms with Crippen LogP contribution in [0.1, 0.15) is 5.69 Å². The summed E-state index contributed by atoms with van der Waals surface area (Å²) in [5.74, 6) is 0.214. The highest BCUT2D eigenvalue weighted by Gasteiger charge is 2.10. The summed E-state index contributed by atoms with van der Waals surface area (Å²) in [6.07, 6.45) is 1.39. The van der Waals surface area contributed by atoms with Gasteiger partial charge in [-0.25, -0.2) is 9.37 Å². The van der Waals surface area contributed by atoms with Crippen LogP contribution in [0, 0.1) is 5.82 Å². The van der Waals surface area contributed by atoms with E-state index in [4.69, 9.17) is 4.52 Å². The summed E-state index contributed by atoms with van der Waals surface area (Å²) in [5.41, 5.74) is 1.61. The van der Waals surface area contributed by atoms with Crippen LogP contribution in [0.2, 0.25) is 0 Å². The van der Waals surface area contributed by atoms with Gasteiger partial charge in [0.1, 0.15) is 11.5 Å². The Labute approximate surface area is 136 Å². The third-order valence-electron chi connectivity index (χ3n) is 3.74. The molecule has 4 aromatic rings. The molecule has 118 valence electrons. The van der Waals surface area contributed by atoms with Crippen molar-refractivity contribution in [3.63, 3.8) is 0 Å². The Balaban J connectivity index is 1.68. The van der Waals surface area contributed by atoms with Crippen LogP contribution < -0.4 is 5.56 Å². The van der Waals surface area contributed by atoms with E-state index in [1.165, 1.54) is 29.1 Å². The van der Waals surface area contributed by atoms with Gasteiger partial charge in [0.15, 0.2) is 5.76 Å². The van der Waals surface area contributed by atoms with Crippen molar-refractivity contribution in [2.45, 2.75) is 6.54 Å². The van der Waals surface area contributed by atoms with Crippen LogP contribution in [-0.2, 0) is 6.54 Å². The first-order valence-corrected chi connectivity index (χ1v) is 7.36. The molecule has 0 unspecified atom stereocenters. The molecule has 0 N–H and O–H groups in total. The number of hydrogen-bond donors (Lipinski definition) is 0. The van der Waals surface area contributed by atoms with Gasteiger partial charge in [-0.3, -0.25) is 9.36 Å². The Bertz CT molecular complexity index is 1070. The lowest BCUT2D eigenvalue weighted by atomic mass is 10.1. The molecular weight excluding hydrogens is 309 g/mol. The number of nitrogens with zero attached hydrogens (tertiary/aromatic N) is 3. The molecule has 5 nitrogen and oxygen atoms in total. The number of halogens is 1. The number of hydrogen-bond acceptors (Lipinski definition) is 4. The molecule has 2 heterocycles. The lowest BCUT2D eigenvalue weighted by Crippen LogP contribution is -2.21. The summed E-state index contributed by atoms with van der Waals surface area (Å²) in [5, 5.41) is 4.37. The van der Waals surface area contributed by atoms with Gasteiger partial charge in [0, 0.05) is 17.7 Å². The van der Waals surface area contributed by atoms with Crippen LogP contribution in [0.3, 0.4) is 0 Å². The fraction of sp³-hybridized carbons (Fsp3) is 0.0556. The quantitative estimate of drug-likeness (QED) is 0.581. The third kappa shape index (κ3) is 2.58. The average Bonchev–Trinajstić information content (AvgIpc) is 3.07. The maximum absolute atomic E-state index is 13.2. The molecule has 0 saturated heterocycles. The van der Waals surface area contributed by atoms with E-state index in [-0.39, 0.29) is 12.1 Å². The van der Waals surface area contributed by atoms with Crippen LogP contribution in [0.15, 0.2) is 70.2 Å². The highest BCUT2D eigenvalue weighted by Crippen LogP contribution is 2.20. The molecule has 0 saturated carbocycles. The highest BCUT2D eigenvalue weighted by atomic mass is 19.1. The molecule has 0 bridgehead atoms. The molecule has 0 atom stereocenters. The summed E-state index contributed by atoms with van der Waals surface area (Å²) < 4.78 is 20.0. The van der Waals surface area contributed by atoms with E-state index >= 15 is 0 Å². The molecule has 0 aliphatic carbocycles. The zero-order valence-corrected chi connectivity index (χ0v) is 12.5. The van der Waals surface area contributed by atoms with Gasteiger partial charge in [-0.05, 0) is 12.1 Å². The van der Waals surface area contributed by atoms with Gasteiger partial charge in [-0.1, -0.05) is 35.5 Å². The van der Waals surface area contributed by atoms with Crippen LogP contribution >= 0.6 is 0 Å². The highest BCUT2D eigenvalue weighted by molar-refractivity contribution is 5.77. The summed E-state index contributed by atoms with van der Waals surface area (Å²) >= 11 is 0. The van der Waals surface area contributed by atoms with E-state index in [2.05, 4.69) is 10.1 Å². The molecule has 0 aliphatic rings. The van der Waals surface area contributed by atoms with Crippen molar-refractivity contribution in [3.05, 3.63) is 82.8 Å². The SMILES string of the molecule is O=c1c2ccc(F)cc2ncn1Cc1cc(-c2ccccc2)on1. The van der Waals surface area contributed by atoms with Gasteiger partial charge in [0.05, 0.1) is 23.8 Å². The Morgan fingerprint density at radius 3 is 2.75 bits per heavy atom. The number of rotatable bonds is 3. The van der Waals surface area contributed by atoms with Gasteiger partial charge in [-0.15, -0.1) is 0 Å². The Morgan fingerprint density at radius 1 is 1.08 bits per heavy atom. The van der Waals surface area contributed by atoms with Crippen LogP contribution in [0.25, 0.3) is 22.2 Å². The van der Waals surface area contributed by atoms with Crippen LogP contribution in [-0.4, -0.2) is 14.7 Å². The van der Waals surface area contributed by atoms with E-state index in [1.807, 2.05) is 30.3 Å². The molecule has 0 aliphatic heterocycles. The minimum absolute atomic E-state index is 0.232. The monoisotopic (exact) mass is 321 g/mol. The van der Waals surface area contributed by atoms with E-state index in [9.17, 15) is 9.18 Å². The lowest BCUT2D eigenvalue weighted by molar-refractivity contribution is 0.420. The van der Waals surface area contributed by atoms with Gasteiger partial charge in [0.2, 0.25) is 0 Å². The van der Waals surface area contributed by atoms with Gasteiger partial charge >= 0.3 is 0 Å². The molecule has 0 amide bonds. The average molecular weight is 321 g/mol. The van der Waals surface area contributed by atoms with Crippen molar-refractivity contribution in [1.82, 2.24) is 14.7 Å². The first-order chi connectivity index (χ1) is 11.7. The van der Waals surface area contributed by atoms with Crippen LogP contribution in [0.4, 0.5) is 4.39 Å². The molecule has 0 radical (unpaired) electrons. The van der Waals surface area contributed by atoms with E-state index in [0.717, 1.165) is 5.56 Å². The molecule has 4 rings (SSSR count). The smallest absolute Gasteiger partial charge is 0.261 e. The Kier molecular flexibility index (Phi) is 3.42. The second-order valence-corrected chi connectivity index (χ2v) is 5.39. The summed E-state index contributed by atoms with van der Waals surface area (Å²) in [6, 6.07) is 15.3. The zero-order chi connectivity index (χ0) is 16.5. The van der Waals surface area contributed by atoms with Crippen molar-refractivity contribution in [2.24, 2.45) is 0 Å². The fourth-order valence-corrected chi connectivity index (χ4v) is 2.54. The van der Waals surface area contributed by atoms with Gasteiger partial charge in [0.25, 0.3) is 5.56 Å². The first-order valence-electron chi connectivity index (χ1n) is 7.36.